The molecule has 0 aliphatic rings. The highest BCUT2D eigenvalue weighted by Gasteiger charge is 1.90. The third kappa shape index (κ3) is 20.3. The molecular weight excluding hydrogens is 368 g/mol. The number of hydrogen-bond donors (Lipinski definition) is 0. The lowest BCUT2D eigenvalue weighted by molar-refractivity contribution is 1.34. The quantitative estimate of drug-likeness (QED) is 0.357. The molecule has 0 aliphatic heterocycles. The Morgan fingerprint density at radius 2 is 1.17 bits per heavy atom. The molecule has 0 saturated carbocycles. The predicted octanol–water partition coefficient (Wildman–Crippen LogP) is 9.28. The molecule has 2 aromatic rings. The van der Waals surface area contributed by atoms with Crippen molar-refractivity contribution in [2.24, 2.45) is 0 Å². The second kappa shape index (κ2) is 23.8. The maximum Gasteiger partial charge on any atom is 0.00353 e. The average Bonchev–Trinajstić information content (AvgIpc) is 2.76. The number of thiocarbonyl (C=S) groups is 1. The Morgan fingerprint density at radius 3 is 1.41 bits per heavy atom. The third-order valence-corrected chi connectivity index (χ3v) is 3.67. The van der Waals surface area contributed by atoms with Crippen LogP contribution in [0.4, 0.5) is 0 Å². The van der Waals surface area contributed by atoms with E-state index < -0.39 is 0 Å². The van der Waals surface area contributed by atoms with Crippen molar-refractivity contribution in [2.45, 2.75) is 61.8 Å². The fourth-order valence-corrected chi connectivity index (χ4v) is 2.03. The molecule has 0 saturated heterocycles. The van der Waals surface area contributed by atoms with E-state index >= 15 is 0 Å². The molecule has 0 heterocycles. The van der Waals surface area contributed by atoms with Crippen molar-refractivity contribution in [1.82, 2.24) is 0 Å². The Hall–Kier alpha value is -2.25. The normalized spacial score (nSPS) is 7.86. The number of aryl methyl sites for hydroxylation is 2. The van der Waals surface area contributed by atoms with E-state index in [9.17, 15) is 0 Å². The van der Waals surface area contributed by atoms with E-state index in [0.29, 0.717) is 0 Å². The summed E-state index contributed by atoms with van der Waals surface area (Å²) in [5.74, 6) is 0. The van der Waals surface area contributed by atoms with Gasteiger partial charge < -0.3 is 0 Å². The minimum absolute atomic E-state index is 0.927. The molecule has 2 rings (SSSR count). The second-order valence-electron chi connectivity index (χ2n) is 5.65. The van der Waals surface area contributed by atoms with Gasteiger partial charge in [0, 0.05) is 6.42 Å². The maximum atomic E-state index is 4.98. The summed E-state index contributed by atoms with van der Waals surface area (Å²) in [5, 5.41) is 0. The Balaban J connectivity index is -0.000000326. The van der Waals surface area contributed by atoms with Crippen molar-refractivity contribution < 1.29 is 0 Å². The number of rotatable bonds is 4. The van der Waals surface area contributed by atoms with Crippen molar-refractivity contribution in [1.29, 1.82) is 0 Å². The van der Waals surface area contributed by atoms with Gasteiger partial charge in [-0.3, -0.25) is 0 Å². The summed E-state index contributed by atoms with van der Waals surface area (Å²) in [6.07, 6.45) is 6.43. The molecule has 0 N–H and O–H groups in total. The highest BCUT2D eigenvalue weighted by Crippen LogP contribution is 2.02. The van der Waals surface area contributed by atoms with E-state index in [1.165, 1.54) is 16.7 Å². The monoisotopic (exact) mass is 410 g/mol. The topological polar surface area (TPSA) is 0 Å². The van der Waals surface area contributed by atoms with Crippen molar-refractivity contribution in [3.8, 4) is 0 Å². The van der Waals surface area contributed by atoms with Gasteiger partial charge in [-0.1, -0.05) is 126 Å². The first-order chi connectivity index (χ1) is 13.9. The first kappa shape index (κ1) is 31.4. The van der Waals surface area contributed by atoms with Crippen LogP contribution in [0.3, 0.4) is 0 Å². The van der Waals surface area contributed by atoms with Crippen LogP contribution in [0, 0.1) is 13.8 Å². The average molecular weight is 411 g/mol. The van der Waals surface area contributed by atoms with E-state index in [1.807, 2.05) is 65.8 Å². The van der Waals surface area contributed by atoms with Gasteiger partial charge in [-0.25, -0.2) is 0 Å². The van der Waals surface area contributed by atoms with Crippen molar-refractivity contribution in [3.63, 3.8) is 0 Å². The molecule has 0 aromatic heterocycles. The lowest BCUT2D eigenvalue weighted by atomic mass is 10.1. The van der Waals surface area contributed by atoms with Gasteiger partial charge >= 0.3 is 0 Å². The molecule has 0 spiro atoms. The number of allylic oxidation sites excluding steroid dienone is 4. The Bertz CT molecular complexity index is 647. The molecule has 0 nitrogen and oxygen atoms in total. The van der Waals surface area contributed by atoms with Crippen molar-refractivity contribution in [3.05, 3.63) is 108 Å². The SMILES string of the molecule is C=CC(C=C)=CC.CC.CC.CC(=S)Cc1ccccc1.Cc1ccccc1C. The zero-order valence-corrected chi connectivity index (χ0v) is 20.8. The van der Waals surface area contributed by atoms with E-state index in [1.54, 1.807) is 12.2 Å². The molecule has 0 amide bonds. The number of benzene rings is 2. The standard InChI is InChI=1S/C9H10S.C8H10.C7H10.2C2H6/c1-8(10)7-9-5-3-2-4-6-9;1-7-5-3-4-6-8(7)2;1-4-7(5-2)6-3;2*1-2/h2-6H,7H2,1H3;3-6H,1-2H3;4-6H,1-2H2,3H3;2*1-2H3. The third-order valence-electron chi connectivity index (χ3n) is 3.53. The van der Waals surface area contributed by atoms with Crippen LogP contribution in [-0.4, -0.2) is 4.86 Å². The zero-order valence-electron chi connectivity index (χ0n) is 20.0. The minimum Gasteiger partial charge on any atom is -0.0985 e. The van der Waals surface area contributed by atoms with Gasteiger partial charge in [-0.05, 0) is 54.8 Å². The van der Waals surface area contributed by atoms with Crippen LogP contribution in [0.2, 0.25) is 0 Å². The highest BCUT2D eigenvalue weighted by molar-refractivity contribution is 7.80. The first-order valence-corrected chi connectivity index (χ1v) is 10.8. The molecule has 29 heavy (non-hydrogen) atoms. The molecule has 0 radical (unpaired) electrons. The molecule has 1 heteroatoms. The molecule has 0 atom stereocenters. The van der Waals surface area contributed by atoms with Gasteiger partial charge in [0.25, 0.3) is 0 Å². The molecule has 0 aliphatic carbocycles. The first-order valence-electron chi connectivity index (χ1n) is 10.4. The summed E-state index contributed by atoms with van der Waals surface area (Å²) in [6, 6.07) is 18.6. The van der Waals surface area contributed by atoms with Crippen molar-refractivity contribution in [2.75, 3.05) is 0 Å². The van der Waals surface area contributed by atoms with Crippen LogP contribution >= 0.6 is 12.2 Å². The molecule has 160 valence electrons. The summed E-state index contributed by atoms with van der Waals surface area (Å²) in [4.78, 5) is 1.05. The summed E-state index contributed by atoms with van der Waals surface area (Å²) >= 11 is 4.98. The maximum absolute atomic E-state index is 4.98. The molecule has 0 bridgehead atoms. The van der Waals surface area contributed by atoms with Crippen LogP contribution in [0.25, 0.3) is 0 Å². The zero-order chi connectivity index (χ0) is 23.1. The predicted molar refractivity (Wildman–Crippen MR) is 141 cm³/mol. The van der Waals surface area contributed by atoms with Crippen LogP contribution in [-0.2, 0) is 6.42 Å². The fourth-order valence-electron chi connectivity index (χ4n) is 1.87. The van der Waals surface area contributed by atoms with E-state index in [4.69, 9.17) is 12.2 Å². The summed E-state index contributed by atoms with van der Waals surface area (Å²) in [6.45, 7) is 23.3. The van der Waals surface area contributed by atoms with Gasteiger partial charge in [0.05, 0.1) is 0 Å². The van der Waals surface area contributed by atoms with Gasteiger partial charge in [0.2, 0.25) is 0 Å². The minimum atomic E-state index is 0.927. The number of hydrogen-bond acceptors (Lipinski definition) is 1. The van der Waals surface area contributed by atoms with E-state index in [-0.39, 0.29) is 0 Å². The molecule has 0 unspecified atom stereocenters. The molecular formula is C28H42S. The van der Waals surface area contributed by atoms with Crippen LogP contribution in [0.1, 0.15) is 58.2 Å². The van der Waals surface area contributed by atoms with Gasteiger partial charge in [0.15, 0.2) is 0 Å². The lowest BCUT2D eigenvalue weighted by Crippen LogP contribution is -1.91. The summed E-state index contributed by atoms with van der Waals surface area (Å²) in [5.41, 5.74) is 5.12. The Morgan fingerprint density at radius 1 is 0.793 bits per heavy atom. The van der Waals surface area contributed by atoms with Gasteiger partial charge in [0.1, 0.15) is 0 Å². The lowest BCUT2D eigenvalue weighted by Gasteiger charge is -1.95. The Kier molecular flexibility index (Phi) is 25.8. The van der Waals surface area contributed by atoms with Crippen molar-refractivity contribution >= 4 is 17.1 Å². The van der Waals surface area contributed by atoms with E-state index in [2.05, 4.69) is 63.4 Å². The largest absolute Gasteiger partial charge is 0.0985 e. The molecule has 0 fully saturated rings. The van der Waals surface area contributed by atoms with Gasteiger partial charge in [-0.2, -0.15) is 0 Å². The van der Waals surface area contributed by atoms with Crippen LogP contribution in [0.15, 0.2) is 91.6 Å². The fraction of sp³-hybridized carbons (Fsp3) is 0.321. The second-order valence-corrected chi connectivity index (χ2v) is 6.34. The molecule has 2 aromatic carbocycles. The summed E-state index contributed by atoms with van der Waals surface area (Å²) in [7, 11) is 0. The Labute approximate surface area is 187 Å². The van der Waals surface area contributed by atoms with Gasteiger partial charge in [-0.15, -0.1) is 0 Å². The van der Waals surface area contributed by atoms with Crippen LogP contribution in [0.5, 0.6) is 0 Å². The van der Waals surface area contributed by atoms with Crippen LogP contribution < -0.4 is 0 Å². The van der Waals surface area contributed by atoms with E-state index in [0.717, 1.165) is 16.9 Å². The highest BCUT2D eigenvalue weighted by atomic mass is 32.1. The smallest absolute Gasteiger partial charge is 0.00353 e. The summed E-state index contributed by atoms with van der Waals surface area (Å²) < 4.78 is 0.